The van der Waals surface area contributed by atoms with Crippen molar-refractivity contribution < 1.29 is 19.0 Å². The molecule has 2 N–H and O–H groups in total. The highest BCUT2D eigenvalue weighted by atomic mass is 19.1. The van der Waals surface area contributed by atoms with Crippen LogP contribution in [0.4, 0.5) is 10.1 Å². The molecule has 110 valence electrons. The van der Waals surface area contributed by atoms with E-state index in [0.717, 1.165) is 5.69 Å². The third kappa shape index (κ3) is 2.36. The summed E-state index contributed by atoms with van der Waals surface area (Å²) in [5, 5.41) is 9.10. The zero-order valence-electron chi connectivity index (χ0n) is 11.1. The van der Waals surface area contributed by atoms with Gasteiger partial charge in [-0.05, 0) is 18.2 Å². The molecule has 0 radical (unpaired) electrons. The molecular weight excluding hydrogens is 279 g/mol. The number of carboxylic acids is 1. The van der Waals surface area contributed by atoms with Gasteiger partial charge in [0.25, 0.3) is 0 Å². The van der Waals surface area contributed by atoms with E-state index >= 15 is 0 Å². The lowest BCUT2D eigenvalue weighted by atomic mass is 10.1. The number of rotatable bonds is 2. The maximum Gasteiger partial charge on any atom is 0.344 e. The number of pyridine rings is 1. The van der Waals surface area contributed by atoms with Crippen molar-refractivity contribution in [2.45, 2.75) is 0 Å². The Balaban J connectivity index is 2.16. The Morgan fingerprint density at radius 1 is 1.33 bits per heavy atom. The molecule has 1 aliphatic rings. The second kappa shape index (κ2) is 5.17. The van der Waals surface area contributed by atoms with Gasteiger partial charge >= 0.3 is 5.97 Å². The normalized spacial score (nSPS) is 15.4. The molecule has 2 heterocycles. The number of hydrogen-bond donors (Lipinski definition) is 2. The standard InChI is InChI=1S/C14H13FN2O4/c15-13-11(14(19)20)12(18)9-7-8(1-2-10(9)16-13)17-3-5-21-6-4-17/h1-2,7H,3-6H2,(H,16,18)(H,19,20). The molecule has 6 nitrogen and oxygen atoms in total. The molecule has 0 amide bonds. The minimum atomic E-state index is -1.58. The van der Waals surface area contributed by atoms with Crippen molar-refractivity contribution in [3.63, 3.8) is 0 Å². The van der Waals surface area contributed by atoms with E-state index in [-0.39, 0.29) is 10.9 Å². The van der Waals surface area contributed by atoms with Crippen LogP contribution in [0.1, 0.15) is 10.4 Å². The molecule has 1 saturated heterocycles. The second-order valence-electron chi connectivity index (χ2n) is 4.78. The number of ether oxygens (including phenoxy) is 1. The average molecular weight is 292 g/mol. The van der Waals surface area contributed by atoms with E-state index in [0.29, 0.717) is 26.3 Å². The fraction of sp³-hybridized carbons (Fsp3) is 0.286. The highest BCUT2D eigenvalue weighted by Gasteiger charge is 2.19. The molecule has 21 heavy (non-hydrogen) atoms. The van der Waals surface area contributed by atoms with E-state index in [9.17, 15) is 14.0 Å². The first-order valence-corrected chi connectivity index (χ1v) is 6.49. The molecule has 0 saturated carbocycles. The van der Waals surface area contributed by atoms with Gasteiger partial charge in [0.1, 0.15) is 0 Å². The van der Waals surface area contributed by atoms with E-state index in [2.05, 4.69) is 4.98 Å². The molecule has 0 bridgehead atoms. The van der Waals surface area contributed by atoms with Crippen LogP contribution in [-0.2, 0) is 4.74 Å². The van der Waals surface area contributed by atoms with Crippen LogP contribution >= 0.6 is 0 Å². The number of aromatic carboxylic acids is 1. The van der Waals surface area contributed by atoms with E-state index in [4.69, 9.17) is 9.84 Å². The molecule has 2 aromatic rings. The number of hydrogen-bond acceptors (Lipinski definition) is 4. The number of fused-ring (bicyclic) bond motifs is 1. The van der Waals surface area contributed by atoms with Crippen molar-refractivity contribution >= 4 is 22.6 Å². The van der Waals surface area contributed by atoms with Gasteiger partial charge in [0.15, 0.2) is 5.56 Å². The fourth-order valence-corrected chi connectivity index (χ4v) is 2.45. The number of halogens is 1. The SMILES string of the molecule is O=C(O)c1c(F)[nH]c2ccc(N3CCOCC3)cc2c1=O. The Morgan fingerprint density at radius 2 is 2.05 bits per heavy atom. The van der Waals surface area contributed by atoms with Crippen LogP contribution in [0.15, 0.2) is 23.0 Å². The molecule has 1 aromatic heterocycles. The Morgan fingerprint density at radius 3 is 2.71 bits per heavy atom. The third-order valence-corrected chi connectivity index (χ3v) is 3.53. The molecule has 3 rings (SSSR count). The Kier molecular flexibility index (Phi) is 3.34. The van der Waals surface area contributed by atoms with Crippen LogP contribution in [0.25, 0.3) is 10.9 Å². The minimum Gasteiger partial charge on any atom is -0.477 e. The van der Waals surface area contributed by atoms with Crippen molar-refractivity contribution in [3.8, 4) is 0 Å². The summed E-state index contributed by atoms with van der Waals surface area (Å²) in [6.45, 7) is 2.57. The molecule has 0 spiro atoms. The summed E-state index contributed by atoms with van der Waals surface area (Å²) in [6.07, 6.45) is 0. The number of nitrogens with one attached hydrogen (secondary N) is 1. The summed E-state index contributed by atoms with van der Waals surface area (Å²) >= 11 is 0. The molecule has 0 aliphatic carbocycles. The summed E-state index contributed by atoms with van der Waals surface area (Å²) in [5.74, 6) is -2.70. The lowest BCUT2D eigenvalue weighted by Gasteiger charge is -2.29. The summed E-state index contributed by atoms with van der Waals surface area (Å²) in [4.78, 5) is 27.5. The molecule has 1 aromatic carbocycles. The number of H-pyrrole nitrogens is 1. The summed E-state index contributed by atoms with van der Waals surface area (Å²) < 4.78 is 18.9. The number of morpholine rings is 1. The van der Waals surface area contributed by atoms with Crippen LogP contribution in [-0.4, -0.2) is 42.4 Å². The molecule has 1 fully saturated rings. The predicted octanol–water partition coefficient (Wildman–Crippen LogP) is 1.20. The second-order valence-corrected chi connectivity index (χ2v) is 4.78. The lowest BCUT2D eigenvalue weighted by Crippen LogP contribution is -2.36. The number of aromatic nitrogens is 1. The number of aromatic amines is 1. The first kappa shape index (κ1) is 13.6. The van der Waals surface area contributed by atoms with Crippen molar-refractivity contribution in [1.29, 1.82) is 0 Å². The predicted molar refractivity (Wildman–Crippen MR) is 74.5 cm³/mol. The van der Waals surface area contributed by atoms with Crippen LogP contribution in [0.3, 0.4) is 0 Å². The number of anilines is 1. The van der Waals surface area contributed by atoms with E-state index in [1.165, 1.54) is 0 Å². The summed E-state index contributed by atoms with van der Waals surface area (Å²) in [7, 11) is 0. The minimum absolute atomic E-state index is 0.165. The zero-order chi connectivity index (χ0) is 15.0. The molecule has 0 atom stereocenters. The van der Waals surface area contributed by atoms with Gasteiger partial charge in [-0.2, -0.15) is 4.39 Å². The number of benzene rings is 1. The van der Waals surface area contributed by atoms with Gasteiger partial charge in [0.05, 0.1) is 18.7 Å². The van der Waals surface area contributed by atoms with Crippen molar-refractivity contribution in [1.82, 2.24) is 4.98 Å². The third-order valence-electron chi connectivity index (χ3n) is 3.53. The van der Waals surface area contributed by atoms with E-state index in [1.807, 2.05) is 4.90 Å². The van der Waals surface area contributed by atoms with Gasteiger partial charge in [-0.1, -0.05) is 0 Å². The van der Waals surface area contributed by atoms with E-state index in [1.54, 1.807) is 18.2 Å². The molecular formula is C14H13FN2O4. The highest BCUT2D eigenvalue weighted by molar-refractivity contribution is 5.93. The van der Waals surface area contributed by atoms with Crippen molar-refractivity contribution in [2.75, 3.05) is 31.2 Å². The molecule has 0 unspecified atom stereocenters. The lowest BCUT2D eigenvalue weighted by molar-refractivity contribution is 0.0689. The molecule has 1 aliphatic heterocycles. The summed E-state index contributed by atoms with van der Waals surface area (Å²) in [5.41, 5.74) is -0.607. The summed E-state index contributed by atoms with van der Waals surface area (Å²) in [6, 6.07) is 4.94. The van der Waals surface area contributed by atoms with Crippen molar-refractivity contribution in [3.05, 3.63) is 39.9 Å². The van der Waals surface area contributed by atoms with Gasteiger partial charge in [0.2, 0.25) is 11.4 Å². The van der Waals surface area contributed by atoms with Gasteiger partial charge < -0.3 is 19.7 Å². The van der Waals surface area contributed by atoms with Crippen LogP contribution in [0, 0.1) is 5.95 Å². The maximum absolute atomic E-state index is 13.6. The fourth-order valence-electron chi connectivity index (χ4n) is 2.45. The van der Waals surface area contributed by atoms with Gasteiger partial charge in [0, 0.05) is 24.2 Å². The Hall–Kier alpha value is -2.41. The van der Waals surface area contributed by atoms with E-state index < -0.39 is 22.9 Å². The zero-order valence-corrected chi connectivity index (χ0v) is 11.1. The van der Waals surface area contributed by atoms with Gasteiger partial charge in [-0.15, -0.1) is 0 Å². The molecule has 7 heteroatoms. The van der Waals surface area contributed by atoms with Crippen LogP contribution in [0.2, 0.25) is 0 Å². The largest absolute Gasteiger partial charge is 0.477 e. The first-order chi connectivity index (χ1) is 10.1. The van der Waals surface area contributed by atoms with Crippen molar-refractivity contribution in [2.24, 2.45) is 0 Å². The monoisotopic (exact) mass is 292 g/mol. The number of carboxylic acid groups (broad SMARTS) is 1. The average Bonchev–Trinajstić information content (AvgIpc) is 2.47. The highest BCUT2D eigenvalue weighted by Crippen LogP contribution is 2.21. The Bertz CT molecular complexity index is 765. The van der Waals surface area contributed by atoms with Gasteiger partial charge in [-0.25, -0.2) is 4.79 Å². The van der Waals surface area contributed by atoms with Crippen LogP contribution in [0.5, 0.6) is 0 Å². The van der Waals surface area contributed by atoms with Crippen LogP contribution < -0.4 is 10.3 Å². The maximum atomic E-state index is 13.6. The van der Waals surface area contributed by atoms with Gasteiger partial charge in [-0.3, -0.25) is 4.79 Å². The Labute approximate surface area is 118 Å². The smallest absolute Gasteiger partial charge is 0.344 e. The number of nitrogens with zero attached hydrogens (tertiary/aromatic N) is 1. The quantitative estimate of drug-likeness (QED) is 0.813. The number of carbonyl (C=O) groups is 1. The topological polar surface area (TPSA) is 82.6 Å². The first-order valence-electron chi connectivity index (χ1n) is 6.49.